The lowest BCUT2D eigenvalue weighted by Crippen LogP contribution is -2.51. The largest absolute Gasteiger partial charge is 0.401 e. The molecule has 0 radical (unpaired) electrons. The highest BCUT2D eigenvalue weighted by Crippen LogP contribution is 2.18. The summed E-state index contributed by atoms with van der Waals surface area (Å²) < 4.78 is 41.5. The van der Waals surface area contributed by atoms with E-state index >= 15 is 0 Å². The molecule has 0 aromatic carbocycles. The molecule has 2 rings (SSSR count). The Kier molecular flexibility index (Phi) is 5.41. The van der Waals surface area contributed by atoms with Crippen molar-refractivity contribution >= 4 is 18.3 Å². The van der Waals surface area contributed by atoms with E-state index < -0.39 is 12.7 Å². The number of amides is 1. The molecule has 0 N–H and O–H groups in total. The second kappa shape index (κ2) is 6.45. The maximum atomic E-state index is 12.2. The van der Waals surface area contributed by atoms with Crippen molar-refractivity contribution in [3.63, 3.8) is 0 Å². The number of aromatic nitrogens is 1. The van der Waals surface area contributed by atoms with Crippen molar-refractivity contribution in [2.75, 3.05) is 32.7 Å². The minimum Gasteiger partial charge on any atom is -0.361 e. The summed E-state index contributed by atoms with van der Waals surface area (Å²) in [5.41, 5.74) is 0.196. The molecule has 5 nitrogen and oxygen atoms in total. The van der Waals surface area contributed by atoms with Crippen LogP contribution < -0.4 is 0 Å². The molecule has 1 amide bonds. The SMILES string of the molecule is Cc1cc(C(=O)N2CCN(CC(F)(F)F)CC2)no1.Cl. The highest BCUT2D eigenvalue weighted by Gasteiger charge is 2.33. The van der Waals surface area contributed by atoms with Gasteiger partial charge in [-0.15, -0.1) is 12.4 Å². The van der Waals surface area contributed by atoms with Gasteiger partial charge < -0.3 is 9.42 Å². The summed E-state index contributed by atoms with van der Waals surface area (Å²) in [5, 5.41) is 3.61. The first-order valence-corrected chi connectivity index (χ1v) is 5.87. The molecule has 9 heteroatoms. The number of aryl methyl sites for hydroxylation is 1. The van der Waals surface area contributed by atoms with E-state index in [1.807, 2.05) is 0 Å². The Morgan fingerprint density at radius 3 is 2.40 bits per heavy atom. The summed E-state index contributed by atoms with van der Waals surface area (Å²) in [5.74, 6) is 0.225. The van der Waals surface area contributed by atoms with E-state index in [0.717, 1.165) is 0 Å². The molecule has 0 saturated carbocycles. The van der Waals surface area contributed by atoms with Gasteiger partial charge in [-0.3, -0.25) is 9.69 Å². The molecule has 0 unspecified atom stereocenters. The third-order valence-corrected chi connectivity index (χ3v) is 2.91. The number of hydrogen-bond acceptors (Lipinski definition) is 4. The average Bonchev–Trinajstić information content (AvgIpc) is 2.74. The third kappa shape index (κ3) is 4.38. The predicted molar refractivity (Wildman–Crippen MR) is 66.9 cm³/mol. The lowest BCUT2D eigenvalue weighted by molar-refractivity contribution is -0.148. The van der Waals surface area contributed by atoms with Crippen LogP contribution in [0.25, 0.3) is 0 Å². The van der Waals surface area contributed by atoms with E-state index in [1.165, 1.54) is 15.9 Å². The van der Waals surface area contributed by atoms with Crippen LogP contribution in [0.1, 0.15) is 16.2 Å². The summed E-state index contributed by atoms with van der Waals surface area (Å²) in [6, 6.07) is 1.52. The molecule has 0 spiro atoms. The molecule has 1 aromatic heterocycles. The van der Waals surface area contributed by atoms with Gasteiger partial charge in [-0.2, -0.15) is 13.2 Å². The highest BCUT2D eigenvalue weighted by molar-refractivity contribution is 5.92. The van der Waals surface area contributed by atoms with Crippen molar-refractivity contribution < 1.29 is 22.5 Å². The monoisotopic (exact) mass is 313 g/mol. The van der Waals surface area contributed by atoms with Gasteiger partial charge >= 0.3 is 6.18 Å². The molecule has 0 bridgehead atoms. The van der Waals surface area contributed by atoms with Gasteiger partial charge in [0.2, 0.25) is 0 Å². The Balaban J connectivity index is 0.00000200. The zero-order valence-corrected chi connectivity index (χ0v) is 11.6. The van der Waals surface area contributed by atoms with Crippen molar-refractivity contribution in [1.82, 2.24) is 15.0 Å². The van der Waals surface area contributed by atoms with Gasteiger partial charge in [-0.05, 0) is 6.92 Å². The van der Waals surface area contributed by atoms with Gasteiger partial charge in [0.1, 0.15) is 5.76 Å². The van der Waals surface area contributed by atoms with Crippen LogP contribution in [-0.4, -0.2) is 59.8 Å². The Hall–Kier alpha value is -1.28. The molecule has 1 fully saturated rings. The molecule has 1 aliphatic rings. The average molecular weight is 314 g/mol. The quantitative estimate of drug-likeness (QED) is 0.834. The summed E-state index contributed by atoms with van der Waals surface area (Å²) in [6.45, 7) is 1.69. The fourth-order valence-corrected chi connectivity index (χ4v) is 1.99. The van der Waals surface area contributed by atoms with Gasteiger partial charge in [0, 0.05) is 32.2 Å². The Morgan fingerprint density at radius 1 is 1.35 bits per heavy atom. The van der Waals surface area contributed by atoms with Crippen LogP contribution in [0.3, 0.4) is 0 Å². The number of hydrogen-bond donors (Lipinski definition) is 0. The van der Waals surface area contributed by atoms with Gasteiger partial charge in [0.05, 0.1) is 6.54 Å². The van der Waals surface area contributed by atoms with Gasteiger partial charge in [0.15, 0.2) is 5.69 Å². The van der Waals surface area contributed by atoms with E-state index in [2.05, 4.69) is 5.16 Å². The number of halogens is 4. The fraction of sp³-hybridized carbons (Fsp3) is 0.636. The molecular weight excluding hydrogens is 299 g/mol. The first-order valence-electron chi connectivity index (χ1n) is 5.87. The minimum atomic E-state index is -4.20. The van der Waals surface area contributed by atoms with E-state index in [4.69, 9.17) is 4.52 Å². The first-order chi connectivity index (χ1) is 8.85. The van der Waals surface area contributed by atoms with Crippen LogP contribution in [0.4, 0.5) is 13.2 Å². The number of carbonyl (C=O) groups is 1. The summed E-state index contributed by atoms with van der Waals surface area (Å²) >= 11 is 0. The first kappa shape index (κ1) is 16.8. The topological polar surface area (TPSA) is 49.6 Å². The number of nitrogens with zero attached hydrogens (tertiary/aromatic N) is 3. The normalized spacial score (nSPS) is 16.9. The molecule has 1 aromatic rings. The Labute approximate surface area is 120 Å². The second-order valence-corrected chi connectivity index (χ2v) is 4.51. The van der Waals surface area contributed by atoms with Crippen LogP contribution in [-0.2, 0) is 0 Å². The number of alkyl halides is 3. The summed E-state index contributed by atoms with van der Waals surface area (Å²) in [7, 11) is 0. The van der Waals surface area contributed by atoms with E-state index in [0.29, 0.717) is 5.76 Å². The molecular formula is C11H15ClF3N3O2. The predicted octanol–water partition coefficient (Wildman–Crippen LogP) is 1.72. The van der Waals surface area contributed by atoms with Crippen LogP contribution in [0.2, 0.25) is 0 Å². The molecule has 1 saturated heterocycles. The second-order valence-electron chi connectivity index (χ2n) is 4.51. The van der Waals surface area contributed by atoms with Crippen LogP contribution >= 0.6 is 12.4 Å². The zero-order chi connectivity index (χ0) is 14.0. The maximum Gasteiger partial charge on any atom is 0.401 e. The van der Waals surface area contributed by atoms with Gasteiger partial charge in [0.25, 0.3) is 5.91 Å². The third-order valence-electron chi connectivity index (χ3n) is 2.91. The van der Waals surface area contributed by atoms with E-state index in [9.17, 15) is 18.0 Å². The number of rotatable bonds is 2. The highest BCUT2D eigenvalue weighted by atomic mass is 35.5. The zero-order valence-electron chi connectivity index (χ0n) is 10.8. The standard InChI is InChI=1S/C11H14F3N3O2.ClH/c1-8-6-9(15-19-8)10(18)17-4-2-16(3-5-17)7-11(12,13)14;/h6H,2-5,7H2,1H3;1H. The molecule has 2 heterocycles. The lowest BCUT2D eigenvalue weighted by atomic mass is 10.2. The molecule has 0 atom stereocenters. The van der Waals surface area contributed by atoms with Crippen LogP contribution in [0, 0.1) is 6.92 Å². The van der Waals surface area contributed by atoms with Crippen LogP contribution in [0.5, 0.6) is 0 Å². The van der Waals surface area contributed by atoms with Crippen molar-refractivity contribution in [2.45, 2.75) is 13.1 Å². The number of piperazine rings is 1. The Morgan fingerprint density at radius 2 is 1.95 bits per heavy atom. The van der Waals surface area contributed by atoms with Crippen molar-refractivity contribution in [3.05, 3.63) is 17.5 Å². The van der Waals surface area contributed by atoms with Crippen molar-refractivity contribution in [1.29, 1.82) is 0 Å². The molecule has 114 valence electrons. The smallest absolute Gasteiger partial charge is 0.361 e. The fourth-order valence-electron chi connectivity index (χ4n) is 1.99. The summed E-state index contributed by atoms with van der Waals surface area (Å²) in [6.07, 6.45) is -4.20. The number of carbonyl (C=O) groups excluding carboxylic acids is 1. The molecule has 20 heavy (non-hydrogen) atoms. The maximum absolute atomic E-state index is 12.2. The van der Waals surface area contributed by atoms with Gasteiger partial charge in [-0.25, -0.2) is 0 Å². The van der Waals surface area contributed by atoms with E-state index in [1.54, 1.807) is 6.92 Å². The molecule has 0 aliphatic carbocycles. The molecule has 1 aliphatic heterocycles. The summed E-state index contributed by atoms with van der Waals surface area (Å²) in [4.78, 5) is 14.7. The minimum absolute atomic E-state index is 0. The van der Waals surface area contributed by atoms with Crippen molar-refractivity contribution in [2.24, 2.45) is 0 Å². The Bertz CT molecular complexity index is 456. The lowest BCUT2D eigenvalue weighted by Gasteiger charge is -2.34. The van der Waals surface area contributed by atoms with E-state index in [-0.39, 0.29) is 50.2 Å². The van der Waals surface area contributed by atoms with Gasteiger partial charge in [-0.1, -0.05) is 5.16 Å². The van der Waals surface area contributed by atoms with Crippen molar-refractivity contribution in [3.8, 4) is 0 Å². The van der Waals surface area contributed by atoms with Crippen LogP contribution in [0.15, 0.2) is 10.6 Å².